The minimum absolute atomic E-state index is 0.103. The number of fused-ring (bicyclic) bond motifs is 1. The first-order valence-corrected chi connectivity index (χ1v) is 13.1. The summed E-state index contributed by atoms with van der Waals surface area (Å²) in [5, 5.41) is -0.625. The highest BCUT2D eigenvalue weighted by atomic mass is 35.5. The van der Waals surface area contributed by atoms with Gasteiger partial charge in [0, 0.05) is 16.1 Å². The van der Waals surface area contributed by atoms with Crippen LogP contribution in [0, 0.1) is 0 Å². The summed E-state index contributed by atoms with van der Waals surface area (Å²) in [6.07, 6.45) is -0.238. The van der Waals surface area contributed by atoms with E-state index < -0.39 is 22.9 Å². The standard InChI is InChI=1S/C21H24ClN2O5PS/c1-3-21(4-2,30(25,26)27)24(20-11-7-9-15-8-5-6-10-19(15)20)31(28,29)18-13-16(22)12-17(23)14-18/h5-14H,3-4,23H2,1-2H3,(H2,25,26,27). The molecule has 0 aliphatic heterocycles. The minimum Gasteiger partial charge on any atom is -0.399 e. The number of anilines is 2. The van der Waals surface area contributed by atoms with E-state index in [1.165, 1.54) is 18.2 Å². The van der Waals surface area contributed by atoms with Crippen molar-refractivity contribution in [1.82, 2.24) is 0 Å². The van der Waals surface area contributed by atoms with E-state index >= 15 is 0 Å². The van der Waals surface area contributed by atoms with Gasteiger partial charge in [-0.3, -0.25) is 4.57 Å². The van der Waals surface area contributed by atoms with Crippen LogP contribution in [0.25, 0.3) is 10.8 Å². The molecule has 31 heavy (non-hydrogen) atoms. The molecule has 0 aromatic heterocycles. The lowest BCUT2D eigenvalue weighted by Gasteiger charge is -2.43. The quantitative estimate of drug-likeness (QED) is 0.323. The van der Waals surface area contributed by atoms with Crippen molar-refractivity contribution in [2.45, 2.75) is 36.9 Å². The molecule has 4 N–H and O–H groups in total. The molecular weight excluding hydrogens is 459 g/mol. The van der Waals surface area contributed by atoms with Crippen molar-refractivity contribution >= 4 is 51.4 Å². The molecule has 0 atom stereocenters. The Morgan fingerprint density at radius 2 is 1.65 bits per heavy atom. The first-order valence-electron chi connectivity index (χ1n) is 9.63. The number of nitrogen functional groups attached to an aromatic ring is 1. The summed E-state index contributed by atoms with van der Waals surface area (Å²) >= 11 is 6.06. The first kappa shape index (κ1) is 23.6. The summed E-state index contributed by atoms with van der Waals surface area (Å²) in [6.45, 7) is 3.12. The molecule has 10 heteroatoms. The number of nitrogens with two attached hydrogens (primary N) is 1. The fourth-order valence-electron chi connectivity index (χ4n) is 3.87. The molecule has 0 bridgehead atoms. The molecule has 0 saturated carbocycles. The third-order valence-electron chi connectivity index (χ3n) is 5.47. The van der Waals surface area contributed by atoms with E-state index in [1.54, 1.807) is 56.3 Å². The van der Waals surface area contributed by atoms with E-state index in [-0.39, 0.29) is 34.1 Å². The average Bonchev–Trinajstić information content (AvgIpc) is 2.70. The molecular formula is C21H24ClN2O5PS. The molecule has 0 saturated heterocycles. The smallest absolute Gasteiger partial charge is 0.351 e. The summed E-state index contributed by atoms with van der Waals surface area (Å²) in [6, 6.07) is 15.9. The molecule has 3 aromatic rings. The van der Waals surface area contributed by atoms with Gasteiger partial charge in [0.25, 0.3) is 10.0 Å². The minimum atomic E-state index is -4.96. The lowest BCUT2D eigenvalue weighted by molar-refractivity contribution is 0.317. The number of benzene rings is 3. The fourth-order valence-corrected chi connectivity index (χ4v) is 7.88. The van der Waals surface area contributed by atoms with Gasteiger partial charge in [-0.2, -0.15) is 0 Å². The van der Waals surface area contributed by atoms with Crippen molar-refractivity contribution in [2.24, 2.45) is 0 Å². The van der Waals surface area contributed by atoms with Gasteiger partial charge in [-0.05, 0) is 42.5 Å². The van der Waals surface area contributed by atoms with Crippen LogP contribution in [0.3, 0.4) is 0 Å². The Morgan fingerprint density at radius 3 is 2.23 bits per heavy atom. The van der Waals surface area contributed by atoms with Crippen molar-refractivity contribution in [3.05, 3.63) is 65.7 Å². The Morgan fingerprint density at radius 1 is 1.03 bits per heavy atom. The molecule has 0 spiro atoms. The van der Waals surface area contributed by atoms with Crippen LogP contribution in [0.4, 0.5) is 11.4 Å². The summed E-state index contributed by atoms with van der Waals surface area (Å²) in [7, 11) is -9.44. The molecule has 0 aliphatic carbocycles. The SMILES string of the molecule is CCC(CC)(N(c1cccc2ccccc12)S(=O)(=O)c1cc(N)cc(Cl)c1)P(=O)(O)O. The van der Waals surface area contributed by atoms with Gasteiger partial charge in [-0.1, -0.05) is 61.8 Å². The molecule has 0 radical (unpaired) electrons. The van der Waals surface area contributed by atoms with Gasteiger partial charge in [0.05, 0.1) is 10.6 Å². The fraction of sp³-hybridized carbons (Fsp3) is 0.238. The molecule has 166 valence electrons. The van der Waals surface area contributed by atoms with Crippen LogP contribution in [0.1, 0.15) is 26.7 Å². The van der Waals surface area contributed by atoms with Gasteiger partial charge in [0.2, 0.25) is 0 Å². The third-order valence-corrected chi connectivity index (χ3v) is 9.60. The van der Waals surface area contributed by atoms with E-state index in [2.05, 4.69) is 0 Å². The largest absolute Gasteiger partial charge is 0.399 e. The normalized spacial score (nSPS) is 12.8. The number of hydrogen-bond acceptors (Lipinski definition) is 4. The lowest BCUT2D eigenvalue weighted by Crippen LogP contribution is -2.51. The topological polar surface area (TPSA) is 121 Å². The van der Waals surface area contributed by atoms with Crippen molar-refractivity contribution in [3.63, 3.8) is 0 Å². The maximum atomic E-state index is 14.0. The van der Waals surface area contributed by atoms with Gasteiger partial charge in [-0.25, -0.2) is 12.7 Å². The predicted octanol–water partition coefficient (Wildman–Crippen LogP) is 4.96. The second-order valence-corrected chi connectivity index (χ2v) is 11.4. The molecule has 0 heterocycles. The predicted molar refractivity (Wildman–Crippen MR) is 125 cm³/mol. The zero-order valence-corrected chi connectivity index (χ0v) is 19.5. The Labute approximate surface area is 186 Å². The van der Waals surface area contributed by atoms with E-state index in [0.717, 1.165) is 9.69 Å². The number of halogens is 1. The van der Waals surface area contributed by atoms with Gasteiger partial charge in [0.15, 0.2) is 5.28 Å². The third kappa shape index (κ3) is 4.06. The maximum absolute atomic E-state index is 14.0. The Kier molecular flexibility index (Phi) is 6.42. The monoisotopic (exact) mass is 482 g/mol. The van der Waals surface area contributed by atoms with Crippen LogP contribution in [0.2, 0.25) is 5.02 Å². The number of nitrogens with zero attached hydrogens (tertiary/aromatic N) is 1. The zero-order chi connectivity index (χ0) is 23.0. The average molecular weight is 483 g/mol. The number of sulfonamides is 1. The summed E-state index contributed by atoms with van der Waals surface area (Å²) in [5.74, 6) is 0. The summed E-state index contributed by atoms with van der Waals surface area (Å²) in [5.41, 5.74) is 6.12. The van der Waals surface area contributed by atoms with Gasteiger partial charge in [-0.15, -0.1) is 0 Å². The van der Waals surface area contributed by atoms with Crippen LogP contribution in [0.5, 0.6) is 0 Å². The molecule has 0 unspecified atom stereocenters. The van der Waals surface area contributed by atoms with E-state index in [1.807, 2.05) is 0 Å². The summed E-state index contributed by atoms with van der Waals surface area (Å²) < 4.78 is 41.6. The van der Waals surface area contributed by atoms with Crippen LogP contribution >= 0.6 is 19.2 Å². The van der Waals surface area contributed by atoms with Crippen LogP contribution in [-0.2, 0) is 14.6 Å². The number of hydrogen-bond donors (Lipinski definition) is 3. The van der Waals surface area contributed by atoms with Crippen molar-refractivity contribution in [3.8, 4) is 0 Å². The maximum Gasteiger partial charge on any atom is 0.351 e. The second kappa shape index (κ2) is 8.45. The molecule has 3 aromatic carbocycles. The molecule has 0 fully saturated rings. The Bertz CT molecular complexity index is 1250. The molecule has 0 aliphatic rings. The molecule has 0 amide bonds. The molecule has 7 nitrogen and oxygen atoms in total. The number of rotatable bonds is 7. The van der Waals surface area contributed by atoms with Crippen LogP contribution in [0.15, 0.2) is 65.6 Å². The Balaban J connectivity index is 2.46. The van der Waals surface area contributed by atoms with Crippen LogP contribution < -0.4 is 10.0 Å². The first-order chi connectivity index (χ1) is 14.5. The van der Waals surface area contributed by atoms with Crippen LogP contribution in [-0.4, -0.2) is 23.5 Å². The highest BCUT2D eigenvalue weighted by Crippen LogP contribution is 2.59. The van der Waals surface area contributed by atoms with Gasteiger partial charge >= 0.3 is 7.60 Å². The molecule has 3 rings (SSSR count). The summed E-state index contributed by atoms with van der Waals surface area (Å²) in [4.78, 5) is 20.6. The highest BCUT2D eigenvalue weighted by Gasteiger charge is 2.54. The zero-order valence-electron chi connectivity index (χ0n) is 17.1. The van der Waals surface area contributed by atoms with Crippen molar-refractivity contribution in [1.29, 1.82) is 0 Å². The second-order valence-electron chi connectivity index (χ2n) is 7.22. The lowest BCUT2D eigenvalue weighted by atomic mass is 10.1. The van der Waals surface area contributed by atoms with E-state index in [4.69, 9.17) is 17.3 Å². The Hall–Kier alpha value is -2.09. The van der Waals surface area contributed by atoms with Gasteiger partial charge < -0.3 is 15.5 Å². The van der Waals surface area contributed by atoms with E-state index in [0.29, 0.717) is 5.39 Å². The van der Waals surface area contributed by atoms with Crippen molar-refractivity contribution < 1.29 is 22.8 Å². The van der Waals surface area contributed by atoms with Crippen molar-refractivity contribution in [2.75, 3.05) is 10.0 Å². The van der Waals surface area contributed by atoms with Gasteiger partial charge in [0.1, 0.15) is 0 Å². The highest BCUT2D eigenvalue weighted by molar-refractivity contribution is 7.93. The van der Waals surface area contributed by atoms with E-state index in [9.17, 15) is 22.8 Å².